The van der Waals surface area contributed by atoms with Crippen LogP contribution < -0.4 is 5.32 Å². The number of thiazole rings is 1. The Bertz CT molecular complexity index is 760. The maximum atomic E-state index is 12.8. The van der Waals surface area contributed by atoms with Gasteiger partial charge in [0.2, 0.25) is 5.91 Å². The lowest BCUT2D eigenvalue weighted by Crippen LogP contribution is -2.39. The second-order valence-electron chi connectivity index (χ2n) is 7.69. The number of aromatic nitrogens is 2. The second kappa shape index (κ2) is 8.46. The van der Waals surface area contributed by atoms with Crippen molar-refractivity contribution in [1.29, 1.82) is 0 Å². The Kier molecular flexibility index (Phi) is 6.24. The number of nitrogens with zero attached hydrogens (tertiary/aromatic N) is 3. The molecular weight excluding hydrogens is 360 g/mol. The van der Waals surface area contributed by atoms with E-state index in [1.165, 1.54) is 16.9 Å². The van der Waals surface area contributed by atoms with Gasteiger partial charge in [-0.2, -0.15) is 0 Å². The third kappa shape index (κ3) is 5.12. The summed E-state index contributed by atoms with van der Waals surface area (Å²) < 4.78 is 5.94. The summed E-state index contributed by atoms with van der Waals surface area (Å²) in [7, 11) is 0. The van der Waals surface area contributed by atoms with Crippen molar-refractivity contribution in [2.45, 2.75) is 64.8 Å². The van der Waals surface area contributed by atoms with E-state index in [0.29, 0.717) is 5.13 Å². The fourth-order valence-corrected chi connectivity index (χ4v) is 4.35. The molecule has 27 heavy (non-hydrogen) atoms. The highest BCUT2D eigenvalue weighted by Crippen LogP contribution is 2.30. The fraction of sp³-hybridized carbons (Fsp3) is 0.550. The van der Waals surface area contributed by atoms with Crippen molar-refractivity contribution in [2.24, 2.45) is 0 Å². The van der Waals surface area contributed by atoms with E-state index < -0.39 is 5.60 Å². The van der Waals surface area contributed by atoms with Gasteiger partial charge >= 0.3 is 0 Å². The smallest absolute Gasteiger partial charge is 0.243 e. The number of hydrogen-bond donors (Lipinski definition) is 1. The van der Waals surface area contributed by atoms with Gasteiger partial charge in [0.1, 0.15) is 5.60 Å². The predicted octanol–water partition coefficient (Wildman–Crippen LogP) is 3.80. The largest absolute Gasteiger partial charge is 0.367 e. The van der Waals surface area contributed by atoms with E-state index in [2.05, 4.69) is 20.2 Å². The molecule has 6 nitrogen and oxygen atoms in total. The van der Waals surface area contributed by atoms with Crippen molar-refractivity contribution < 1.29 is 9.53 Å². The Balaban J connectivity index is 1.63. The molecule has 1 saturated heterocycles. The standard InChI is InChI=1S/C20H28N4O2S/c1-14(2)26-20(3,4)17-13-27-19(22-17)23-18(25)16-6-5-11-24(16)12-15-7-9-21-10-8-15/h7-10,13-14,16H,5-6,11-12H2,1-4H3,(H,22,23,25)/t16-/m0/s1. The van der Waals surface area contributed by atoms with Crippen molar-refractivity contribution in [1.82, 2.24) is 14.9 Å². The van der Waals surface area contributed by atoms with Crippen LogP contribution in [0.5, 0.6) is 0 Å². The van der Waals surface area contributed by atoms with E-state index in [1.54, 1.807) is 12.4 Å². The van der Waals surface area contributed by atoms with Gasteiger partial charge < -0.3 is 10.1 Å². The lowest BCUT2D eigenvalue weighted by molar-refractivity contribution is -0.120. The van der Waals surface area contributed by atoms with Crippen LogP contribution in [0.15, 0.2) is 29.9 Å². The van der Waals surface area contributed by atoms with Crippen molar-refractivity contribution in [3.63, 3.8) is 0 Å². The molecule has 0 saturated carbocycles. The molecule has 0 aromatic carbocycles. The van der Waals surface area contributed by atoms with Crippen LogP contribution in [0.2, 0.25) is 0 Å². The first-order valence-electron chi connectivity index (χ1n) is 9.43. The van der Waals surface area contributed by atoms with E-state index in [0.717, 1.165) is 31.6 Å². The zero-order chi connectivity index (χ0) is 19.4. The monoisotopic (exact) mass is 388 g/mol. The third-order valence-electron chi connectivity index (χ3n) is 4.68. The molecule has 3 heterocycles. The molecule has 2 aromatic rings. The molecule has 1 aliphatic heterocycles. The first-order valence-corrected chi connectivity index (χ1v) is 10.3. The van der Waals surface area contributed by atoms with Crippen LogP contribution in [0.25, 0.3) is 0 Å². The van der Waals surface area contributed by atoms with Gasteiger partial charge in [-0.1, -0.05) is 0 Å². The second-order valence-corrected chi connectivity index (χ2v) is 8.55. The van der Waals surface area contributed by atoms with Crippen molar-refractivity contribution in [3.05, 3.63) is 41.2 Å². The molecule has 1 amide bonds. The Morgan fingerprint density at radius 1 is 1.41 bits per heavy atom. The molecule has 1 N–H and O–H groups in total. The molecule has 1 aliphatic rings. The van der Waals surface area contributed by atoms with Crippen LogP contribution in [0.4, 0.5) is 5.13 Å². The molecular formula is C20H28N4O2S. The highest BCUT2D eigenvalue weighted by atomic mass is 32.1. The van der Waals surface area contributed by atoms with Gasteiger partial charge in [-0.05, 0) is 64.8 Å². The van der Waals surface area contributed by atoms with E-state index in [9.17, 15) is 4.79 Å². The van der Waals surface area contributed by atoms with Gasteiger partial charge in [0, 0.05) is 24.3 Å². The number of carbonyl (C=O) groups is 1. The molecule has 0 radical (unpaired) electrons. The Hall–Kier alpha value is -1.83. The Morgan fingerprint density at radius 3 is 2.85 bits per heavy atom. The first-order chi connectivity index (χ1) is 12.8. The number of hydrogen-bond acceptors (Lipinski definition) is 6. The minimum absolute atomic E-state index is 0.0186. The topological polar surface area (TPSA) is 67.3 Å². The van der Waals surface area contributed by atoms with Gasteiger partial charge in [-0.3, -0.25) is 14.7 Å². The molecule has 146 valence electrons. The number of amides is 1. The predicted molar refractivity (Wildman–Crippen MR) is 108 cm³/mol. The molecule has 1 fully saturated rings. The van der Waals surface area contributed by atoms with Crippen LogP contribution in [0.1, 0.15) is 51.8 Å². The zero-order valence-electron chi connectivity index (χ0n) is 16.4. The first kappa shape index (κ1) is 19.9. The summed E-state index contributed by atoms with van der Waals surface area (Å²) in [6.07, 6.45) is 5.59. The number of likely N-dealkylation sites (tertiary alicyclic amines) is 1. The lowest BCUT2D eigenvalue weighted by atomic mass is 10.1. The summed E-state index contributed by atoms with van der Waals surface area (Å²) in [5, 5.41) is 5.59. The van der Waals surface area contributed by atoms with Crippen LogP contribution in [0, 0.1) is 0 Å². The minimum Gasteiger partial charge on any atom is -0.367 e. The molecule has 7 heteroatoms. The zero-order valence-corrected chi connectivity index (χ0v) is 17.3. The van der Waals surface area contributed by atoms with Crippen LogP contribution in [0.3, 0.4) is 0 Å². The SMILES string of the molecule is CC(C)OC(C)(C)c1csc(NC(=O)[C@@H]2CCCN2Cc2ccncc2)n1. The van der Waals surface area contributed by atoms with Gasteiger partial charge in [-0.25, -0.2) is 4.98 Å². The molecule has 0 unspecified atom stereocenters. The average molecular weight is 389 g/mol. The van der Waals surface area contributed by atoms with Crippen LogP contribution >= 0.6 is 11.3 Å². The fourth-order valence-electron chi connectivity index (χ4n) is 3.48. The Labute approximate surface area is 165 Å². The highest BCUT2D eigenvalue weighted by Gasteiger charge is 2.32. The summed E-state index contributed by atoms with van der Waals surface area (Å²) in [6, 6.07) is 3.87. The third-order valence-corrected chi connectivity index (χ3v) is 5.44. The maximum absolute atomic E-state index is 12.8. The summed E-state index contributed by atoms with van der Waals surface area (Å²) in [5.74, 6) is 0.0186. The summed E-state index contributed by atoms with van der Waals surface area (Å²) in [5.41, 5.74) is 1.54. The molecule has 0 spiro atoms. The van der Waals surface area contributed by atoms with Crippen molar-refractivity contribution in [3.8, 4) is 0 Å². The van der Waals surface area contributed by atoms with E-state index in [-0.39, 0.29) is 18.1 Å². The van der Waals surface area contributed by atoms with Gasteiger partial charge in [-0.15, -0.1) is 11.3 Å². The number of nitrogens with one attached hydrogen (secondary N) is 1. The Morgan fingerprint density at radius 2 is 2.15 bits per heavy atom. The molecule has 0 aliphatic carbocycles. The normalized spacial score (nSPS) is 18.2. The van der Waals surface area contributed by atoms with Crippen LogP contribution in [-0.4, -0.2) is 39.5 Å². The molecule has 0 bridgehead atoms. The van der Waals surface area contributed by atoms with Gasteiger partial charge in [0.15, 0.2) is 5.13 Å². The highest BCUT2D eigenvalue weighted by molar-refractivity contribution is 7.13. The maximum Gasteiger partial charge on any atom is 0.243 e. The lowest BCUT2D eigenvalue weighted by Gasteiger charge is -2.26. The van der Waals surface area contributed by atoms with Crippen LogP contribution in [-0.2, 0) is 21.7 Å². The van der Waals surface area contributed by atoms with E-state index in [1.807, 2.05) is 45.2 Å². The minimum atomic E-state index is -0.478. The summed E-state index contributed by atoms with van der Waals surface area (Å²) in [4.78, 5) is 23.7. The van der Waals surface area contributed by atoms with Gasteiger partial charge in [0.05, 0.1) is 17.8 Å². The molecule has 3 rings (SSSR count). The van der Waals surface area contributed by atoms with E-state index in [4.69, 9.17) is 4.74 Å². The summed E-state index contributed by atoms with van der Waals surface area (Å²) >= 11 is 1.45. The summed E-state index contributed by atoms with van der Waals surface area (Å²) in [6.45, 7) is 9.71. The van der Waals surface area contributed by atoms with E-state index >= 15 is 0 Å². The number of carbonyl (C=O) groups excluding carboxylic acids is 1. The molecule has 2 aromatic heterocycles. The van der Waals surface area contributed by atoms with Crippen molar-refractivity contribution in [2.75, 3.05) is 11.9 Å². The number of anilines is 1. The average Bonchev–Trinajstić information content (AvgIpc) is 3.24. The van der Waals surface area contributed by atoms with Crippen molar-refractivity contribution >= 4 is 22.4 Å². The quantitative estimate of drug-likeness (QED) is 0.781. The number of rotatable bonds is 7. The number of pyridine rings is 1. The van der Waals surface area contributed by atoms with Gasteiger partial charge in [0.25, 0.3) is 0 Å². The molecule has 1 atom stereocenters. The number of ether oxygens (including phenoxy) is 1.